The maximum atomic E-state index is 11.0. The van der Waals surface area contributed by atoms with E-state index in [2.05, 4.69) is 4.98 Å². The Kier molecular flexibility index (Phi) is 7.71. The topological polar surface area (TPSA) is 71.9 Å². The summed E-state index contributed by atoms with van der Waals surface area (Å²) in [6.45, 7) is 9.54. The minimum absolute atomic E-state index is 0.230. The Labute approximate surface area is 125 Å². The summed E-state index contributed by atoms with van der Waals surface area (Å²) >= 11 is 0. The third-order valence-electron chi connectivity index (χ3n) is 3.04. The van der Waals surface area contributed by atoms with E-state index in [9.17, 15) is 4.79 Å². The minimum Gasteiger partial charge on any atom is -0.478 e. The number of hydrogen-bond acceptors (Lipinski definition) is 5. The smallest absolute Gasteiger partial charge is 0.337 e. The molecule has 21 heavy (non-hydrogen) atoms. The predicted octanol–water partition coefficient (Wildman–Crippen LogP) is 1.97. The van der Waals surface area contributed by atoms with Crippen LogP contribution in [0.15, 0.2) is 12.1 Å². The first kappa shape index (κ1) is 17.4. The number of aromatic carboxylic acids is 1. The van der Waals surface area contributed by atoms with E-state index in [-0.39, 0.29) is 5.56 Å². The molecule has 0 aliphatic rings. The highest BCUT2D eigenvalue weighted by Crippen LogP contribution is 2.15. The fraction of sp³-hybridized carbons (Fsp3) is 0.600. The molecule has 118 valence electrons. The quantitative estimate of drug-likeness (QED) is 0.666. The number of ether oxygens (including phenoxy) is 2. The van der Waals surface area contributed by atoms with E-state index in [1.54, 1.807) is 19.1 Å². The normalized spacial score (nSPS) is 10.6. The molecule has 0 saturated heterocycles. The van der Waals surface area contributed by atoms with Gasteiger partial charge in [0.1, 0.15) is 5.82 Å². The number of rotatable bonds is 10. The van der Waals surface area contributed by atoms with Crippen molar-refractivity contribution in [3.8, 4) is 0 Å². The number of aryl methyl sites for hydroxylation is 1. The van der Waals surface area contributed by atoms with Crippen molar-refractivity contribution >= 4 is 11.8 Å². The van der Waals surface area contributed by atoms with Crippen LogP contribution < -0.4 is 4.90 Å². The van der Waals surface area contributed by atoms with E-state index < -0.39 is 5.97 Å². The van der Waals surface area contributed by atoms with Gasteiger partial charge in [0.05, 0.1) is 24.5 Å². The molecule has 1 aromatic heterocycles. The molecule has 6 heteroatoms. The zero-order valence-electron chi connectivity index (χ0n) is 13.0. The largest absolute Gasteiger partial charge is 0.478 e. The lowest BCUT2D eigenvalue weighted by molar-refractivity contribution is 0.0695. The van der Waals surface area contributed by atoms with E-state index in [0.717, 1.165) is 5.82 Å². The van der Waals surface area contributed by atoms with Crippen LogP contribution in [0, 0.1) is 6.92 Å². The van der Waals surface area contributed by atoms with Crippen molar-refractivity contribution < 1.29 is 19.4 Å². The highest BCUT2D eigenvalue weighted by molar-refractivity contribution is 5.89. The van der Waals surface area contributed by atoms with Crippen molar-refractivity contribution in [1.29, 1.82) is 0 Å². The predicted molar refractivity (Wildman–Crippen MR) is 81.1 cm³/mol. The molecule has 1 aromatic rings. The molecule has 0 aliphatic carbocycles. The number of nitrogens with zero attached hydrogens (tertiary/aromatic N) is 2. The molecular weight excluding hydrogens is 272 g/mol. The highest BCUT2D eigenvalue weighted by Gasteiger charge is 2.13. The van der Waals surface area contributed by atoms with Gasteiger partial charge < -0.3 is 19.5 Å². The fourth-order valence-electron chi connectivity index (χ4n) is 1.93. The van der Waals surface area contributed by atoms with E-state index in [4.69, 9.17) is 14.6 Å². The van der Waals surface area contributed by atoms with Gasteiger partial charge in [-0.25, -0.2) is 9.78 Å². The van der Waals surface area contributed by atoms with Crippen LogP contribution in [0.2, 0.25) is 0 Å². The summed E-state index contributed by atoms with van der Waals surface area (Å²) in [6, 6.07) is 3.32. The molecular formula is C15H24N2O4. The molecule has 6 nitrogen and oxygen atoms in total. The minimum atomic E-state index is -0.957. The van der Waals surface area contributed by atoms with Crippen LogP contribution in [0.5, 0.6) is 0 Å². The summed E-state index contributed by atoms with van der Waals surface area (Å²) in [4.78, 5) is 17.5. The van der Waals surface area contributed by atoms with E-state index in [0.29, 0.717) is 45.2 Å². The summed E-state index contributed by atoms with van der Waals surface area (Å²) in [5, 5.41) is 9.05. The average molecular weight is 296 g/mol. The van der Waals surface area contributed by atoms with Gasteiger partial charge in [-0.05, 0) is 32.9 Å². The van der Waals surface area contributed by atoms with Crippen molar-refractivity contribution in [2.75, 3.05) is 44.4 Å². The SMILES string of the molecule is CCOCCN(CCOCC)c1ccc(C(=O)O)c(C)n1. The van der Waals surface area contributed by atoms with Crippen molar-refractivity contribution in [1.82, 2.24) is 4.98 Å². The molecule has 0 amide bonds. The van der Waals surface area contributed by atoms with Gasteiger partial charge in [-0.15, -0.1) is 0 Å². The van der Waals surface area contributed by atoms with Gasteiger partial charge >= 0.3 is 5.97 Å². The zero-order valence-corrected chi connectivity index (χ0v) is 13.0. The Bertz CT molecular complexity index is 441. The number of pyridine rings is 1. The Morgan fingerprint density at radius 3 is 2.19 bits per heavy atom. The average Bonchev–Trinajstić information content (AvgIpc) is 2.45. The van der Waals surface area contributed by atoms with E-state index in [1.807, 2.05) is 18.7 Å². The molecule has 0 unspecified atom stereocenters. The fourth-order valence-corrected chi connectivity index (χ4v) is 1.93. The first-order valence-corrected chi connectivity index (χ1v) is 7.21. The van der Waals surface area contributed by atoms with Crippen LogP contribution in [0.3, 0.4) is 0 Å². The molecule has 0 saturated carbocycles. The summed E-state index contributed by atoms with van der Waals surface area (Å²) in [6.07, 6.45) is 0. The Morgan fingerprint density at radius 1 is 1.19 bits per heavy atom. The highest BCUT2D eigenvalue weighted by atomic mass is 16.5. The van der Waals surface area contributed by atoms with Crippen molar-refractivity contribution in [2.24, 2.45) is 0 Å². The van der Waals surface area contributed by atoms with Gasteiger partial charge in [0.2, 0.25) is 0 Å². The number of hydrogen-bond donors (Lipinski definition) is 1. The third kappa shape index (κ3) is 5.69. The number of anilines is 1. The summed E-state index contributed by atoms with van der Waals surface area (Å²) < 4.78 is 10.8. The van der Waals surface area contributed by atoms with E-state index >= 15 is 0 Å². The van der Waals surface area contributed by atoms with Gasteiger partial charge in [-0.2, -0.15) is 0 Å². The standard InChI is InChI=1S/C15H24N2O4/c1-4-20-10-8-17(9-11-21-5-2)14-7-6-13(15(18)19)12(3)16-14/h6-7H,4-5,8-11H2,1-3H3,(H,18,19). The monoisotopic (exact) mass is 296 g/mol. The maximum absolute atomic E-state index is 11.0. The van der Waals surface area contributed by atoms with Gasteiger partial charge in [0.15, 0.2) is 0 Å². The first-order valence-electron chi connectivity index (χ1n) is 7.21. The number of carboxylic acid groups (broad SMARTS) is 1. The molecule has 1 heterocycles. The van der Waals surface area contributed by atoms with Crippen molar-refractivity contribution in [3.05, 3.63) is 23.4 Å². The van der Waals surface area contributed by atoms with Gasteiger partial charge in [0, 0.05) is 26.3 Å². The second-order valence-corrected chi connectivity index (χ2v) is 4.49. The first-order chi connectivity index (χ1) is 10.1. The van der Waals surface area contributed by atoms with Gasteiger partial charge in [-0.1, -0.05) is 0 Å². The molecule has 0 aromatic carbocycles. The zero-order chi connectivity index (χ0) is 15.7. The van der Waals surface area contributed by atoms with Crippen molar-refractivity contribution in [2.45, 2.75) is 20.8 Å². The second kappa shape index (κ2) is 9.31. The van der Waals surface area contributed by atoms with Crippen LogP contribution in [0.1, 0.15) is 29.9 Å². The molecule has 0 aliphatic heterocycles. The van der Waals surface area contributed by atoms with E-state index in [1.165, 1.54) is 0 Å². The lowest BCUT2D eigenvalue weighted by Gasteiger charge is -2.24. The van der Waals surface area contributed by atoms with Crippen LogP contribution in [-0.4, -0.2) is 55.6 Å². The summed E-state index contributed by atoms with van der Waals surface area (Å²) in [5.41, 5.74) is 0.742. The summed E-state index contributed by atoms with van der Waals surface area (Å²) in [7, 11) is 0. The van der Waals surface area contributed by atoms with Crippen LogP contribution >= 0.6 is 0 Å². The molecule has 0 atom stereocenters. The van der Waals surface area contributed by atoms with Crippen LogP contribution in [0.4, 0.5) is 5.82 Å². The van der Waals surface area contributed by atoms with Crippen LogP contribution in [0.25, 0.3) is 0 Å². The third-order valence-corrected chi connectivity index (χ3v) is 3.04. The van der Waals surface area contributed by atoms with Gasteiger partial charge in [0.25, 0.3) is 0 Å². The molecule has 0 radical (unpaired) electrons. The Morgan fingerprint density at radius 2 is 1.76 bits per heavy atom. The Hall–Kier alpha value is -1.66. The Balaban J connectivity index is 2.80. The second-order valence-electron chi connectivity index (χ2n) is 4.49. The lowest BCUT2D eigenvalue weighted by atomic mass is 10.2. The molecule has 1 rings (SSSR count). The molecule has 0 fully saturated rings. The molecule has 0 spiro atoms. The number of aromatic nitrogens is 1. The van der Waals surface area contributed by atoms with Crippen LogP contribution in [-0.2, 0) is 9.47 Å². The summed E-state index contributed by atoms with van der Waals surface area (Å²) in [5.74, 6) is -0.210. The number of carboxylic acids is 1. The maximum Gasteiger partial charge on any atom is 0.337 e. The van der Waals surface area contributed by atoms with Gasteiger partial charge in [-0.3, -0.25) is 0 Å². The van der Waals surface area contributed by atoms with Crippen molar-refractivity contribution in [3.63, 3.8) is 0 Å². The number of carbonyl (C=O) groups is 1. The molecule has 0 bridgehead atoms. The molecule has 1 N–H and O–H groups in total. The lowest BCUT2D eigenvalue weighted by Crippen LogP contribution is -2.32.